The SMILES string of the molecule is CCC[C@@H](CC#N)[n+]1ncc(-c2ncnc3[nH]ccc23)s1. The summed E-state index contributed by atoms with van der Waals surface area (Å²) in [5.41, 5.74) is 1.70. The molecule has 0 aromatic carbocycles. The van der Waals surface area contributed by atoms with Gasteiger partial charge in [0, 0.05) is 23.1 Å². The summed E-state index contributed by atoms with van der Waals surface area (Å²) in [6.45, 7) is 2.12. The summed E-state index contributed by atoms with van der Waals surface area (Å²) in [6.07, 6.45) is 7.69. The number of hydrogen-bond acceptors (Lipinski definition) is 5. The molecule has 3 aromatic rings. The van der Waals surface area contributed by atoms with E-state index in [9.17, 15) is 0 Å². The summed E-state index contributed by atoms with van der Waals surface area (Å²) < 4.78 is 1.92. The molecule has 0 aliphatic heterocycles. The quantitative estimate of drug-likeness (QED) is 0.734. The van der Waals surface area contributed by atoms with E-state index in [2.05, 4.69) is 33.0 Å². The highest BCUT2D eigenvalue weighted by atomic mass is 32.1. The van der Waals surface area contributed by atoms with Crippen molar-refractivity contribution in [1.82, 2.24) is 20.1 Å². The summed E-state index contributed by atoms with van der Waals surface area (Å²) in [4.78, 5) is 12.6. The van der Waals surface area contributed by atoms with E-state index in [0.29, 0.717) is 6.42 Å². The summed E-state index contributed by atoms with van der Waals surface area (Å²) >= 11 is 1.54. The molecule has 0 aliphatic rings. The first-order valence-corrected chi connectivity index (χ1v) is 7.64. The Morgan fingerprint density at radius 3 is 3.19 bits per heavy atom. The van der Waals surface area contributed by atoms with Crippen LogP contribution in [-0.4, -0.2) is 20.1 Å². The summed E-state index contributed by atoms with van der Waals surface area (Å²) in [7, 11) is 0. The van der Waals surface area contributed by atoms with Gasteiger partial charge < -0.3 is 4.98 Å². The van der Waals surface area contributed by atoms with Crippen molar-refractivity contribution < 1.29 is 4.07 Å². The number of fused-ring (bicyclic) bond motifs is 1. The number of nitriles is 1. The van der Waals surface area contributed by atoms with Crippen LogP contribution in [0.25, 0.3) is 21.6 Å². The van der Waals surface area contributed by atoms with Crippen LogP contribution < -0.4 is 4.07 Å². The predicted molar refractivity (Wildman–Crippen MR) is 79.4 cm³/mol. The van der Waals surface area contributed by atoms with Gasteiger partial charge in [0.05, 0.1) is 6.07 Å². The molecule has 1 N–H and O–H groups in total. The molecule has 0 radical (unpaired) electrons. The van der Waals surface area contributed by atoms with Gasteiger partial charge >= 0.3 is 0 Å². The van der Waals surface area contributed by atoms with Gasteiger partial charge in [0.2, 0.25) is 6.04 Å². The second-order valence-electron chi connectivity index (χ2n) is 4.77. The van der Waals surface area contributed by atoms with E-state index in [1.165, 1.54) is 0 Å². The molecular formula is C14H15N6S+. The number of nitrogens with one attached hydrogen (secondary N) is 1. The van der Waals surface area contributed by atoms with Gasteiger partial charge in [-0.15, -0.1) is 0 Å². The van der Waals surface area contributed by atoms with Crippen LogP contribution in [0.2, 0.25) is 0 Å². The topological polar surface area (TPSA) is 82.1 Å². The smallest absolute Gasteiger partial charge is 0.211 e. The Morgan fingerprint density at radius 1 is 1.48 bits per heavy atom. The molecule has 0 fully saturated rings. The van der Waals surface area contributed by atoms with E-state index in [4.69, 9.17) is 5.26 Å². The number of aromatic amines is 1. The molecule has 7 heteroatoms. The first-order chi connectivity index (χ1) is 10.3. The van der Waals surface area contributed by atoms with Crippen molar-refractivity contribution in [1.29, 1.82) is 5.26 Å². The minimum atomic E-state index is 0.141. The van der Waals surface area contributed by atoms with Crippen LogP contribution in [-0.2, 0) is 0 Å². The lowest BCUT2D eigenvalue weighted by Crippen LogP contribution is -2.38. The largest absolute Gasteiger partial charge is 0.346 e. The Labute approximate surface area is 126 Å². The van der Waals surface area contributed by atoms with Gasteiger partial charge in [-0.2, -0.15) is 5.26 Å². The molecule has 106 valence electrons. The van der Waals surface area contributed by atoms with Crippen LogP contribution in [0.3, 0.4) is 0 Å². The second-order valence-corrected chi connectivity index (χ2v) is 5.77. The third kappa shape index (κ3) is 2.62. The van der Waals surface area contributed by atoms with Crippen molar-refractivity contribution >= 4 is 22.6 Å². The summed E-state index contributed by atoms with van der Waals surface area (Å²) in [6, 6.07) is 4.35. The van der Waals surface area contributed by atoms with Crippen LogP contribution in [0.15, 0.2) is 24.8 Å². The van der Waals surface area contributed by atoms with Crippen LogP contribution >= 0.6 is 11.5 Å². The molecule has 3 aromatic heterocycles. The van der Waals surface area contributed by atoms with Crippen molar-refractivity contribution in [2.75, 3.05) is 0 Å². The van der Waals surface area contributed by atoms with E-state index in [0.717, 1.165) is 34.4 Å². The third-order valence-corrected chi connectivity index (χ3v) is 4.40. The first kappa shape index (κ1) is 13.6. The molecule has 21 heavy (non-hydrogen) atoms. The molecule has 0 saturated heterocycles. The lowest BCUT2D eigenvalue weighted by Gasteiger charge is -2.00. The molecule has 0 unspecified atom stereocenters. The minimum absolute atomic E-state index is 0.141. The van der Waals surface area contributed by atoms with E-state index >= 15 is 0 Å². The van der Waals surface area contributed by atoms with Gasteiger partial charge in [0.25, 0.3) is 0 Å². The molecule has 0 spiro atoms. The average Bonchev–Trinajstić information content (AvgIpc) is 3.15. The predicted octanol–water partition coefficient (Wildman–Crippen LogP) is 2.62. The first-order valence-electron chi connectivity index (χ1n) is 6.87. The fourth-order valence-corrected chi connectivity index (χ4v) is 3.30. The second kappa shape index (κ2) is 5.97. The Morgan fingerprint density at radius 2 is 2.38 bits per heavy atom. The Balaban J connectivity index is 1.98. The highest BCUT2D eigenvalue weighted by Crippen LogP contribution is 2.26. The molecule has 0 aliphatic carbocycles. The molecule has 1 atom stereocenters. The molecule has 0 saturated carbocycles. The van der Waals surface area contributed by atoms with Gasteiger partial charge in [0.15, 0.2) is 11.5 Å². The highest BCUT2D eigenvalue weighted by Gasteiger charge is 2.24. The zero-order chi connectivity index (χ0) is 14.7. The van der Waals surface area contributed by atoms with Gasteiger partial charge in [-0.05, 0) is 16.6 Å². The van der Waals surface area contributed by atoms with Crippen molar-refractivity contribution in [2.24, 2.45) is 0 Å². The summed E-state index contributed by atoms with van der Waals surface area (Å²) in [5.74, 6) is 0. The van der Waals surface area contributed by atoms with Gasteiger partial charge in [-0.1, -0.05) is 6.92 Å². The van der Waals surface area contributed by atoms with Crippen molar-refractivity contribution in [3.05, 3.63) is 24.8 Å². The van der Waals surface area contributed by atoms with Gasteiger partial charge in [-0.25, -0.2) is 9.97 Å². The van der Waals surface area contributed by atoms with Crippen LogP contribution in [0.1, 0.15) is 32.2 Å². The van der Waals surface area contributed by atoms with Gasteiger partial charge in [0.1, 0.15) is 35.2 Å². The van der Waals surface area contributed by atoms with Crippen LogP contribution in [0, 0.1) is 11.3 Å². The number of aromatic nitrogens is 5. The zero-order valence-electron chi connectivity index (χ0n) is 11.7. The van der Waals surface area contributed by atoms with Crippen LogP contribution in [0.5, 0.6) is 0 Å². The maximum absolute atomic E-state index is 8.95. The molecule has 0 amide bonds. The highest BCUT2D eigenvalue weighted by molar-refractivity contribution is 7.05. The molecule has 3 rings (SSSR count). The Bertz CT molecular complexity index is 784. The minimum Gasteiger partial charge on any atom is -0.346 e. The van der Waals surface area contributed by atoms with E-state index in [-0.39, 0.29) is 6.04 Å². The van der Waals surface area contributed by atoms with Crippen molar-refractivity contribution in [3.63, 3.8) is 0 Å². The molecular weight excluding hydrogens is 284 g/mol. The normalized spacial score (nSPS) is 12.4. The standard InChI is InChI=1S/C14H14N6S/c1-2-3-10(4-6-15)20-19-8-12(21-20)13-11-5-7-16-14(11)18-9-17-13/h5,7-10H,2-4H2,1H3/p+1/t10-/m0/s1. The molecule has 6 nitrogen and oxygen atoms in total. The van der Waals surface area contributed by atoms with Crippen molar-refractivity contribution in [3.8, 4) is 16.6 Å². The average molecular weight is 299 g/mol. The number of rotatable bonds is 5. The lowest BCUT2D eigenvalue weighted by atomic mass is 10.1. The maximum atomic E-state index is 8.95. The van der Waals surface area contributed by atoms with Crippen molar-refractivity contribution in [2.45, 2.75) is 32.2 Å². The Hall–Kier alpha value is -2.33. The number of hydrogen-bond donors (Lipinski definition) is 1. The number of nitrogens with zero attached hydrogens (tertiary/aromatic N) is 5. The monoisotopic (exact) mass is 299 g/mol. The van der Waals surface area contributed by atoms with E-state index in [1.54, 1.807) is 17.9 Å². The molecule has 0 bridgehead atoms. The lowest BCUT2D eigenvalue weighted by molar-refractivity contribution is -0.714. The zero-order valence-corrected chi connectivity index (χ0v) is 12.5. The fourth-order valence-electron chi connectivity index (χ4n) is 2.33. The van der Waals surface area contributed by atoms with E-state index in [1.807, 2.05) is 22.5 Å². The van der Waals surface area contributed by atoms with Gasteiger partial charge in [-0.3, -0.25) is 0 Å². The summed E-state index contributed by atoms with van der Waals surface area (Å²) in [5, 5.41) is 14.4. The third-order valence-electron chi connectivity index (χ3n) is 3.33. The number of H-pyrrole nitrogens is 1. The Kier molecular flexibility index (Phi) is 3.88. The molecule has 3 heterocycles. The van der Waals surface area contributed by atoms with E-state index < -0.39 is 0 Å². The maximum Gasteiger partial charge on any atom is 0.211 e. The fraction of sp³-hybridized carbons (Fsp3) is 0.357. The van der Waals surface area contributed by atoms with Crippen LogP contribution in [0.4, 0.5) is 0 Å².